The van der Waals surface area contributed by atoms with Crippen molar-refractivity contribution < 1.29 is 14.3 Å². The molecular weight excluding hydrogens is 258 g/mol. The van der Waals surface area contributed by atoms with Crippen LogP contribution in [0.1, 0.15) is 54.6 Å². The SMILES string of the molecule is CCCCn1nc(C(=O)OC)c(C2CCOCC2)c1N. The highest BCUT2D eigenvalue weighted by Crippen LogP contribution is 2.34. The molecule has 1 aromatic rings. The molecule has 1 saturated heterocycles. The van der Waals surface area contributed by atoms with E-state index in [1.54, 1.807) is 4.68 Å². The van der Waals surface area contributed by atoms with E-state index in [9.17, 15) is 4.79 Å². The number of nitrogens with two attached hydrogens (primary N) is 1. The highest BCUT2D eigenvalue weighted by molar-refractivity contribution is 5.90. The van der Waals surface area contributed by atoms with Gasteiger partial charge in [-0.05, 0) is 25.2 Å². The Hall–Kier alpha value is -1.56. The van der Waals surface area contributed by atoms with E-state index in [2.05, 4.69) is 12.0 Å². The lowest BCUT2D eigenvalue weighted by Gasteiger charge is -2.22. The first-order valence-electron chi connectivity index (χ1n) is 7.21. The molecule has 0 amide bonds. The van der Waals surface area contributed by atoms with Crippen molar-refractivity contribution in [1.82, 2.24) is 9.78 Å². The highest BCUT2D eigenvalue weighted by atomic mass is 16.5. The van der Waals surface area contributed by atoms with E-state index in [-0.39, 0.29) is 5.92 Å². The second kappa shape index (κ2) is 6.74. The van der Waals surface area contributed by atoms with Gasteiger partial charge in [-0.1, -0.05) is 13.3 Å². The Morgan fingerprint density at radius 1 is 1.50 bits per heavy atom. The average molecular weight is 281 g/mol. The van der Waals surface area contributed by atoms with Crippen LogP contribution in [0.5, 0.6) is 0 Å². The number of hydrogen-bond acceptors (Lipinski definition) is 5. The number of hydrogen-bond donors (Lipinski definition) is 1. The molecule has 0 spiro atoms. The first-order valence-corrected chi connectivity index (χ1v) is 7.21. The van der Waals surface area contributed by atoms with Crippen molar-refractivity contribution in [2.75, 3.05) is 26.1 Å². The molecule has 0 atom stereocenters. The summed E-state index contributed by atoms with van der Waals surface area (Å²) in [5.41, 5.74) is 7.43. The van der Waals surface area contributed by atoms with E-state index in [1.165, 1.54) is 7.11 Å². The lowest BCUT2D eigenvalue weighted by Crippen LogP contribution is -2.17. The molecule has 0 radical (unpaired) electrons. The smallest absolute Gasteiger partial charge is 0.358 e. The molecule has 0 unspecified atom stereocenters. The van der Waals surface area contributed by atoms with Crippen LogP contribution in [0.4, 0.5) is 5.82 Å². The molecule has 6 nitrogen and oxygen atoms in total. The summed E-state index contributed by atoms with van der Waals surface area (Å²) < 4.78 is 12.0. The lowest BCUT2D eigenvalue weighted by molar-refractivity contribution is 0.0585. The van der Waals surface area contributed by atoms with Crippen molar-refractivity contribution in [2.24, 2.45) is 0 Å². The number of nitrogen functional groups attached to an aromatic ring is 1. The minimum absolute atomic E-state index is 0.230. The van der Waals surface area contributed by atoms with Crippen LogP contribution >= 0.6 is 0 Å². The molecule has 20 heavy (non-hydrogen) atoms. The molecule has 2 heterocycles. The molecule has 6 heteroatoms. The van der Waals surface area contributed by atoms with Crippen LogP contribution in [-0.2, 0) is 16.0 Å². The summed E-state index contributed by atoms with van der Waals surface area (Å²) in [5.74, 6) is 0.424. The topological polar surface area (TPSA) is 79.4 Å². The monoisotopic (exact) mass is 281 g/mol. The van der Waals surface area contributed by atoms with Gasteiger partial charge in [0, 0.05) is 25.3 Å². The van der Waals surface area contributed by atoms with E-state index in [0.29, 0.717) is 24.7 Å². The third-order valence-electron chi connectivity index (χ3n) is 3.76. The van der Waals surface area contributed by atoms with E-state index in [4.69, 9.17) is 15.2 Å². The minimum Gasteiger partial charge on any atom is -0.464 e. The van der Waals surface area contributed by atoms with Crippen molar-refractivity contribution in [3.05, 3.63) is 11.3 Å². The predicted molar refractivity (Wildman–Crippen MR) is 75.7 cm³/mol. The Labute approximate surface area is 119 Å². The zero-order valence-electron chi connectivity index (χ0n) is 12.2. The molecule has 2 N–H and O–H groups in total. The Kier molecular flexibility index (Phi) is 5.00. The van der Waals surface area contributed by atoms with Crippen molar-refractivity contribution in [3.63, 3.8) is 0 Å². The maximum Gasteiger partial charge on any atom is 0.358 e. The van der Waals surface area contributed by atoms with E-state index in [1.807, 2.05) is 0 Å². The number of carbonyl (C=O) groups excluding carboxylic acids is 1. The van der Waals surface area contributed by atoms with Gasteiger partial charge >= 0.3 is 5.97 Å². The van der Waals surface area contributed by atoms with Gasteiger partial charge in [0.05, 0.1) is 7.11 Å². The molecule has 0 bridgehead atoms. The summed E-state index contributed by atoms with van der Waals surface area (Å²) in [4.78, 5) is 11.9. The first kappa shape index (κ1) is 14.8. The number of rotatable bonds is 5. The molecule has 1 aliphatic heterocycles. The quantitative estimate of drug-likeness (QED) is 0.834. The van der Waals surface area contributed by atoms with Crippen molar-refractivity contribution in [1.29, 1.82) is 0 Å². The van der Waals surface area contributed by atoms with Gasteiger partial charge in [0.2, 0.25) is 0 Å². The third kappa shape index (κ3) is 2.95. The number of nitrogens with zero attached hydrogens (tertiary/aromatic N) is 2. The van der Waals surface area contributed by atoms with Crippen LogP contribution < -0.4 is 5.73 Å². The van der Waals surface area contributed by atoms with Crippen LogP contribution in [0.15, 0.2) is 0 Å². The molecule has 0 aromatic carbocycles. The lowest BCUT2D eigenvalue weighted by atomic mass is 9.91. The van der Waals surface area contributed by atoms with Crippen LogP contribution in [0.3, 0.4) is 0 Å². The summed E-state index contributed by atoms with van der Waals surface area (Å²) in [6.07, 6.45) is 3.78. The van der Waals surface area contributed by atoms with Crippen LogP contribution in [0, 0.1) is 0 Å². The number of methoxy groups -OCH3 is 1. The highest BCUT2D eigenvalue weighted by Gasteiger charge is 2.29. The maximum absolute atomic E-state index is 11.9. The van der Waals surface area contributed by atoms with E-state index >= 15 is 0 Å². The molecule has 0 saturated carbocycles. The second-order valence-electron chi connectivity index (χ2n) is 5.10. The van der Waals surface area contributed by atoms with Gasteiger partial charge in [0.15, 0.2) is 5.69 Å². The third-order valence-corrected chi connectivity index (χ3v) is 3.76. The van der Waals surface area contributed by atoms with Gasteiger partial charge in [-0.15, -0.1) is 0 Å². The summed E-state index contributed by atoms with van der Waals surface area (Å²) >= 11 is 0. The number of carbonyl (C=O) groups is 1. The fourth-order valence-corrected chi connectivity index (χ4v) is 2.60. The summed E-state index contributed by atoms with van der Waals surface area (Å²) in [5, 5.41) is 4.37. The van der Waals surface area contributed by atoms with Crippen LogP contribution in [-0.4, -0.2) is 36.1 Å². The minimum atomic E-state index is -0.409. The van der Waals surface area contributed by atoms with Crippen LogP contribution in [0.2, 0.25) is 0 Å². The fraction of sp³-hybridized carbons (Fsp3) is 0.714. The number of esters is 1. The molecule has 1 fully saturated rings. The number of unbranched alkanes of at least 4 members (excludes halogenated alkanes) is 1. The largest absolute Gasteiger partial charge is 0.464 e. The van der Waals surface area contributed by atoms with Gasteiger partial charge in [0.25, 0.3) is 0 Å². The zero-order valence-corrected chi connectivity index (χ0v) is 12.2. The molecule has 1 aromatic heterocycles. The number of ether oxygens (including phenoxy) is 2. The number of anilines is 1. The first-order chi connectivity index (χ1) is 9.69. The molecule has 112 valence electrons. The standard InChI is InChI=1S/C14H23N3O3/c1-3-4-7-17-13(15)11(10-5-8-20-9-6-10)12(16-17)14(18)19-2/h10H,3-9,15H2,1-2H3. The molecule has 0 aliphatic carbocycles. The van der Waals surface area contributed by atoms with E-state index in [0.717, 1.165) is 37.8 Å². The Morgan fingerprint density at radius 2 is 2.20 bits per heavy atom. The Bertz CT molecular complexity index is 464. The van der Waals surface area contributed by atoms with Crippen LogP contribution in [0.25, 0.3) is 0 Å². The van der Waals surface area contributed by atoms with Crippen molar-refractivity contribution >= 4 is 11.8 Å². The second-order valence-corrected chi connectivity index (χ2v) is 5.10. The summed E-state index contributed by atoms with van der Waals surface area (Å²) in [6, 6.07) is 0. The predicted octanol–water partition coefficient (Wildman–Crippen LogP) is 1.95. The average Bonchev–Trinajstić information content (AvgIpc) is 2.82. The van der Waals surface area contributed by atoms with Gasteiger partial charge in [-0.25, -0.2) is 9.48 Å². The molecule has 2 rings (SSSR count). The van der Waals surface area contributed by atoms with Gasteiger partial charge in [-0.2, -0.15) is 5.10 Å². The maximum atomic E-state index is 11.9. The Morgan fingerprint density at radius 3 is 2.80 bits per heavy atom. The van der Waals surface area contributed by atoms with Gasteiger partial charge in [0.1, 0.15) is 5.82 Å². The van der Waals surface area contributed by atoms with Crippen molar-refractivity contribution in [2.45, 2.75) is 45.1 Å². The van der Waals surface area contributed by atoms with Crippen molar-refractivity contribution in [3.8, 4) is 0 Å². The normalized spacial score (nSPS) is 16.3. The van der Waals surface area contributed by atoms with Gasteiger partial charge in [-0.3, -0.25) is 0 Å². The number of aromatic nitrogens is 2. The molecule has 1 aliphatic rings. The van der Waals surface area contributed by atoms with E-state index < -0.39 is 5.97 Å². The fourth-order valence-electron chi connectivity index (χ4n) is 2.60. The van der Waals surface area contributed by atoms with Gasteiger partial charge < -0.3 is 15.2 Å². The number of aryl methyl sites for hydroxylation is 1. The zero-order chi connectivity index (χ0) is 14.5. The summed E-state index contributed by atoms with van der Waals surface area (Å²) in [7, 11) is 1.37. The molecular formula is C14H23N3O3. The Balaban J connectivity index is 2.34. The summed E-state index contributed by atoms with van der Waals surface area (Å²) in [6.45, 7) is 4.24.